The molecule has 0 saturated carbocycles. The van der Waals surface area contributed by atoms with Crippen molar-refractivity contribution in [1.29, 1.82) is 0 Å². The Morgan fingerprint density at radius 2 is 2.18 bits per heavy atom. The molecule has 2 aromatic rings. The SMILES string of the molecule is CNSc1ccccc1CNc1nc(NC(C=NCC(F)F)=CN)ncc1Cl. The molecule has 0 aliphatic carbocycles. The van der Waals surface area contributed by atoms with E-state index in [1.54, 1.807) is 0 Å². The summed E-state index contributed by atoms with van der Waals surface area (Å²) in [5.41, 5.74) is 6.82. The number of nitrogens with zero attached hydrogens (tertiary/aromatic N) is 3. The Kier molecular flexibility index (Phi) is 8.92. The minimum Gasteiger partial charge on any atom is -0.403 e. The number of nitrogens with one attached hydrogen (secondary N) is 3. The van der Waals surface area contributed by atoms with Gasteiger partial charge < -0.3 is 16.4 Å². The van der Waals surface area contributed by atoms with Crippen LogP contribution in [0.15, 0.2) is 52.2 Å². The molecule has 0 amide bonds. The van der Waals surface area contributed by atoms with E-state index in [1.807, 2.05) is 31.3 Å². The van der Waals surface area contributed by atoms with Crippen LogP contribution in [-0.4, -0.2) is 36.2 Å². The van der Waals surface area contributed by atoms with E-state index < -0.39 is 13.0 Å². The fourth-order valence-electron chi connectivity index (χ4n) is 2.07. The van der Waals surface area contributed by atoms with Crippen LogP contribution in [0.1, 0.15) is 5.56 Å². The third-order valence-electron chi connectivity index (χ3n) is 3.28. The van der Waals surface area contributed by atoms with Gasteiger partial charge in [0.2, 0.25) is 5.95 Å². The molecule has 0 fully saturated rings. The zero-order chi connectivity index (χ0) is 20.4. The lowest BCUT2D eigenvalue weighted by Crippen LogP contribution is -2.10. The summed E-state index contributed by atoms with van der Waals surface area (Å²) in [6.07, 6.45) is 1.29. The lowest BCUT2D eigenvalue weighted by molar-refractivity contribution is 0.159. The van der Waals surface area contributed by atoms with Crippen LogP contribution < -0.4 is 21.1 Å². The summed E-state index contributed by atoms with van der Waals surface area (Å²) >= 11 is 7.68. The Labute approximate surface area is 171 Å². The predicted octanol–water partition coefficient (Wildman–Crippen LogP) is 3.52. The van der Waals surface area contributed by atoms with Gasteiger partial charge in [-0.3, -0.25) is 9.71 Å². The number of aliphatic imine (C=N–C) groups is 1. The molecule has 150 valence electrons. The highest BCUT2D eigenvalue weighted by Crippen LogP contribution is 2.23. The van der Waals surface area contributed by atoms with E-state index in [0.29, 0.717) is 17.4 Å². The van der Waals surface area contributed by atoms with Gasteiger partial charge in [-0.15, -0.1) is 0 Å². The Hall–Kier alpha value is -2.43. The van der Waals surface area contributed by atoms with Gasteiger partial charge in [0.05, 0.1) is 18.4 Å². The molecule has 1 aromatic carbocycles. The number of nitrogens with two attached hydrogens (primary N) is 1. The molecule has 0 bridgehead atoms. The molecular formula is C17H20ClF2N7S. The van der Waals surface area contributed by atoms with Crippen molar-refractivity contribution in [2.45, 2.75) is 17.9 Å². The van der Waals surface area contributed by atoms with E-state index in [-0.39, 0.29) is 11.6 Å². The van der Waals surface area contributed by atoms with Crippen LogP contribution in [0.5, 0.6) is 0 Å². The summed E-state index contributed by atoms with van der Waals surface area (Å²) in [6.45, 7) is -0.117. The van der Waals surface area contributed by atoms with Crippen molar-refractivity contribution in [2.24, 2.45) is 10.7 Å². The third kappa shape index (κ3) is 6.95. The van der Waals surface area contributed by atoms with Crippen molar-refractivity contribution < 1.29 is 8.78 Å². The maximum atomic E-state index is 12.2. The molecule has 2 rings (SSSR count). The van der Waals surface area contributed by atoms with E-state index in [9.17, 15) is 8.78 Å². The molecule has 0 aliphatic rings. The van der Waals surface area contributed by atoms with Crippen molar-refractivity contribution in [2.75, 3.05) is 24.2 Å². The molecule has 1 aromatic heterocycles. The standard InChI is InChI=1S/C17H20ClF2N7S/c1-22-28-14-5-3-2-4-11(14)7-24-16-13(18)9-25-17(27-16)26-12(6-21)8-23-10-15(19)20/h2-6,8-9,15,22H,7,10,21H2,1H3,(H2,24,25,26,27). The molecule has 7 nitrogen and oxygen atoms in total. The summed E-state index contributed by atoms with van der Waals surface area (Å²) in [5.74, 6) is 0.620. The van der Waals surface area contributed by atoms with E-state index in [4.69, 9.17) is 17.3 Å². The number of allylic oxidation sites excluding steroid dienone is 1. The van der Waals surface area contributed by atoms with Gasteiger partial charge in [-0.1, -0.05) is 29.8 Å². The van der Waals surface area contributed by atoms with Gasteiger partial charge >= 0.3 is 0 Å². The Balaban J connectivity index is 2.08. The van der Waals surface area contributed by atoms with Crippen LogP contribution in [-0.2, 0) is 6.54 Å². The van der Waals surface area contributed by atoms with Crippen LogP contribution >= 0.6 is 23.5 Å². The summed E-state index contributed by atoms with van der Waals surface area (Å²) in [4.78, 5) is 13.0. The van der Waals surface area contributed by atoms with Crippen molar-refractivity contribution in [1.82, 2.24) is 14.7 Å². The number of anilines is 2. The van der Waals surface area contributed by atoms with Gasteiger partial charge in [0.25, 0.3) is 6.43 Å². The van der Waals surface area contributed by atoms with E-state index in [0.717, 1.165) is 10.5 Å². The van der Waals surface area contributed by atoms with Crippen molar-refractivity contribution >= 4 is 41.5 Å². The predicted molar refractivity (Wildman–Crippen MR) is 111 cm³/mol. The summed E-state index contributed by atoms with van der Waals surface area (Å²) < 4.78 is 27.4. The van der Waals surface area contributed by atoms with Crippen LogP contribution in [0.4, 0.5) is 20.5 Å². The van der Waals surface area contributed by atoms with Crippen LogP contribution in [0.3, 0.4) is 0 Å². The van der Waals surface area contributed by atoms with Crippen molar-refractivity contribution in [3.63, 3.8) is 0 Å². The number of rotatable bonds is 10. The van der Waals surface area contributed by atoms with Gasteiger partial charge in [-0.2, -0.15) is 4.98 Å². The highest BCUT2D eigenvalue weighted by molar-refractivity contribution is 7.97. The number of benzene rings is 1. The molecule has 0 spiro atoms. The maximum Gasteiger partial charge on any atom is 0.257 e. The van der Waals surface area contributed by atoms with E-state index >= 15 is 0 Å². The Bertz CT molecular complexity index is 833. The van der Waals surface area contributed by atoms with Crippen LogP contribution in [0, 0.1) is 0 Å². The molecule has 5 N–H and O–H groups in total. The third-order valence-corrected chi connectivity index (χ3v) is 4.38. The minimum atomic E-state index is -2.53. The quantitative estimate of drug-likeness (QED) is 0.340. The topological polar surface area (TPSA) is 100 Å². The second-order valence-electron chi connectivity index (χ2n) is 5.29. The molecule has 0 unspecified atom stereocenters. The first-order valence-corrected chi connectivity index (χ1v) is 9.37. The molecular weight excluding hydrogens is 408 g/mol. The smallest absolute Gasteiger partial charge is 0.257 e. The normalized spacial score (nSPS) is 12.0. The van der Waals surface area contributed by atoms with Crippen molar-refractivity contribution in [3.05, 3.63) is 52.9 Å². The zero-order valence-electron chi connectivity index (χ0n) is 15.0. The van der Waals surface area contributed by atoms with Gasteiger partial charge in [0.1, 0.15) is 5.02 Å². The molecule has 0 radical (unpaired) electrons. The molecule has 11 heteroatoms. The fraction of sp³-hybridized carbons (Fsp3) is 0.235. The lowest BCUT2D eigenvalue weighted by Gasteiger charge is -2.12. The van der Waals surface area contributed by atoms with Crippen LogP contribution in [0.25, 0.3) is 0 Å². The molecule has 0 atom stereocenters. The second kappa shape index (κ2) is 11.4. The van der Waals surface area contributed by atoms with Gasteiger partial charge in [-0.05, 0) is 30.6 Å². The monoisotopic (exact) mass is 427 g/mol. The Morgan fingerprint density at radius 1 is 1.39 bits per heavy atom. The van der Waals surface area contributed by atoms with Crippen LogP contribution in [0.2, 0.25) is 5.02 Å². The Morgan fingerprint density at radius 3 is 2.89 bits per heavy atom. The first-order chi connectivity index (χ1) is 13.5. The van der Waals surface area contributed by atoms with Gasteiger partial charge in [0.15, 0.2) is 5.82 Å². The number of alkyl halides is 2. The molecule has 0 aliphatic heterocycles. The molecule has 1 heterocycles. The zero-order valence-corrected chi connectivity index (χ0v) is 16.6. The van der Waals surface area contributed by atoms with Crippen molar-refractivity contribution in [3.8, 4) is 0 Å². The fourth-order valence-corrected chi connectivity index (χ4v) is 2.86. The summed E-state index contributed by atoms with van der Waals surface area (Å²) in [7, 11) is 1.85. The van der Waals surface area contributed by atoms with Gasteiger partial charge in [-0.25, -0.2) is 13.8 Å². The number of hydrogen-bond donors (Lipinski definition) is 4. The minimum absolute atomic E-state index is 0.199. The maximum absolute atomic E-state index is 12.2. The number of halogens is 3. The largest absolute Gasteiger partial charge is 0.403 e. The highest BCUT2D eigenvalue weighted by Gasteiger charge is 2.08. The lowest BCUT2D eigenvalue weighted by atomic mass is 10.2. The average Bonchev–Trinajstić information content (AvgIpc) is 2.68. The first-order valence-electron chi connectivity index (χ1n) is 8.18. The van der Waals surface area contributed by atoms with E-state index in [1.165, 1.54) is 30.6 Å². The van der Waals surface area contributed by atoms with E-state index in [2.05, 4.69) is 30.3 Å². The summed E-state index contributed by atoms with van der Waals surface area (Å²) in [6, 6.07) is 7.90. The number of aromatic nitrogens is 2. The number of hydrogen-bond acceptors (Lipinski definition) is 8. The molecule has 0 saturated heterocycles. The average molecular weight is 428 g/mol. The first kappa shape index (κ1) is 21.9. The summed E-state index contributed by atoms with van der Waals surface area (Å²) in [5, 5.41) is 6.32. The van der Waals surface area contributed by atoms with Gasteiger partial charge in [0, 0.05) is 23.9 Å². The highest BCUT2D eigenvalue weighted by atomic mass is 35.5. The second-order valence-corrected chi connectivity index (χ2v) is 6.75. The molecule has 28 heavy (non-hydrogen) atoms.